The third-order valence-electron chi connectivity index (χ3n) is 3.24. The van der Waals surface area contributed by atoms with E-state index in [1.807, 2.05) is 56.3 Å². The molecule has 0 saturated heterocycles. The van der Waals surface area contributed by atoms with Gasteiger partial charge in [-0.15, -0.1) is 5.10 Å². The second-order valence-electron chi connectivity index (χ2n) is 4.79. The molecule has 5 nitrogen and oxygen atoms in total. The zero-order valence-corrected chi connectivity index (χ0v) is 11.4. The summed E-state index contributed by atoms with van der Waals surface area (Å²) in [5, 5.41) is 12.0. The van der Waals surface area contributed by atoms with Crippen molar-refractivity contribution in [2.45, 2.75) is 13.8 Å². The molecular weight excluding hydrogens is 250 g/mol. The molecule has 0 aliphatic carbocycles. The molecule has 0 atom stereocenters. The number of aryl methyl sites for hydroxylation is 2. The number of anilines is 1. The molecule has 2 N–H and O–H groups in total. The van der Waals surface area contributed by atoms with Gasteiger partial charge in [0.25, 0.3) is 0 Å². The molecule has 0 radical (unpaired) electrons. The Morgan fingerprint density at radius 3 is 2.60 bits per heavy atom. The molecule has 1 heterocycles. The topological polar surface area (TPSA) is 69.6 Å². The monoisotopic (exact) mass is 265 g/mol. The normalized spacial score (nSPS) is 10.7. The summed E-state index contributed by atoms with van der Waals surface area (Å²) in [6.45, 7) is 4.04. The minimum atomic E-state index is 0.659. The van der Waals surface area contributed by atoms with Crippen LogP contribution in [0.3, 0.4) is 0 Å². The summed E-state index contributed by atoms with van der Waals surface area (Å²) in [5.41, 5.74) is 10.8. The van der Waals surface area contributed by atoms with Crippen molar-refractivity contribution >= 4 is 5.69 Å². The number of rotatable bonds is 2. The number of hydrogen-bond acceptors (Lipinski definition) is 4. The molecule has 100 valence electrons. The Kier molecular flexibility index (Phi) is 2.95. The Labute approximate surface area is 117 Å². The van der Waals surface area contributed by atoms with E-state index in [-0.39, 0.29) is 0 Å². The third-order valence-corrected chi connectivity index (χ3v) is 3.24. The van der Waals surface area contributed by atoms with E-state index in [9.17, 15) is 0 Å². The zero-order chi connectivity index (χ0) is 14.1. The van der Waals surface area contributed by atoms with E-state index >= 15 is 0 Å². The second-order valence-corrected chi connectivity index (χ2v) is 4.79. The van der Waals surface area contributed by atoms with Crippen LogP contribution in [0.15, 0.2) is 42.5 Å². The van der Waals surface area contributed by atoms with E-state index < -0.39 is 0 Å². The van der Waals surface area contributed by atoms with Gasteiger partial charge >= 0.3 is 0 Å². The quantitative estimate of drug-likeness (QED) is 0.723. The highest BCUT2D eigenvalue weighted by molar-refractivity contribution is 5.75. The summed E-state index contributed by atoms with van der Waals surface area (Å²) < 4.78 is 1.71. The molecular formula is C15H15N5. The van der Waals surface area contributed by atoms with E-state index in [0.717, 1.165) is 22.4 Å². The Morgan fingerprint density at radius 2 is 1.85 bits per heavy atom. The van der Waals surface area contributed by atoms with Crippen molar-refractivity contribution in [1.29, 1.82) is 0 Å². The smallest absolute Gasteiger partial charge is 0.189 e. The Morgan fingerprint density at radius 1 is 1.05 bits per heavy atom. The first-order valence-corrected chi connectivity index (χ1v) is 6.37. The summed E-state index contributed by atoms with van der Waals surface area (Å²) in [5.74, 6) is 0.659. The van der Waals surface area contributed by atoms with Crippen LogP contribution in [0.25, 0.3) is 17.1 Å². The average Bonchev–Trinajstić information content (AvgIpc) is 2.87. The van der Waals surface area contributed by atoms with Crippen molar-refractivity contribution in [1.82, 2.24) is 20.2 Å². The van der Waals surface area contributed by atoms with Crippen molar-refractivity contribution in [3.8, 4) is 17.1 Å². The number of nitrogens with two attached hydrogens (primary N) is 1. The molecule has 20 heavy (non-hydrogen) atoms. The van der Waals surface area contributed by atoms with Gasteiger partial charge in [-0.05, 0) is 53.6 Å². The average molecular weight is 265 g/mol. The molecule has 0 saturated carbocycles. The van der Waals surface area contributed by atoms with Crippen LogP contribution in [-0.4, -0.2) is 20.2 Å². The standard InChI is InChI=1S/C15H15N5/c1-10-5-3-7-12(9-10)20-15(17-18-19-20)14-11(2)6-4-8-13(14)16/h3-9H,16H2,1-2H3. The van der Waals surface area contributed by atoms with Crippen LogP contribution < -0.4 is 5.73 Å². The highest BCUT2D eigenvalue weighted by Crippen LogP contribution is 2.28. The molecule has 0 amide bonds. The van der Waals surface area contributed by atoms with Crippen molar-refractivity contribution < 1.29 is 0 Å². The number of hydrogen-bond donors (Lipinski definition) is 1. The molecule has 0 spiro atoms. The first kappa shape index (κ1) is 12.3. The van der Waals surface area contributed by atoms with E-state index in [1.165, 1.54) is 0 Å². The minimum Gasteiger partial charge on any atom is -0.398 e. The maximum atomic E-state index is 6.08. The maximum absolute atomic E-state index is 6.08. The lowest BCUT2D eigenvalue weighted by Gasteiger charge is -2.09. The zero-order valence-electron chi connectivity index (χ0n) is 11.4. The summed E-state index contributed by atoms with van der Waals surface area (Å²) in [7, 11) is 0. The molecule has 0 fully saturated rings. The van der Waals surface area contributed by atoms with Crippen LogP contribution in [0.1, 0.15) is 11.1 Å². The summed E-state index contributed by atoms with van der Waals surface area (Å²) >= 11 is 0. The molecule has 3 rings (SSSR count). The number of nitrogens with zero attached hydrogens (tertiary/aromatic N) is 4. The fourth-order valence-electron chi connectivity index (χ4n) is 2.27. The Balaban J connectivity index is 2.21. The molecule has 5 heteroatoms. The van der Waals surface area contributed by atoms with Crippen LogP contribution in [0.5, 0.6) is 0 Å². The van der Waals surface area contributed by atoms with Crippen LogP contribution in [0.2, 0.25) is 0 Å². The summed E-state index contributed by atoms with van der Waals surface area (Å²) in [6, 6.07) is 13.8. The lowest BCUT2D eigenvalue weighted by Crippen LogP contribution is -2.03. The fraction of sp³-hybridized carbons (Fsp3) is 0.133. The van der Waals surface area contributed by atoms with Gasteiger partial charge in [-0.1, -0.05) is 24.3 Å². The first-order chi connectivity index (χ1) is 9.66. The molecule has 0 aliphatic rings. The van der Waals surface area contributed by atoms with Crippen molar-refractivity contribution in [2.24, 2.45) is 0 Å². The molecule has 0 unspecified atom stereocenters. The van der Waals surface area contributed by atoms with Crippen LogP contribution >= 0.6 is 0 Å². The van der Waals surface area contributed by atoms with Gasteiger partial charge in [0.15, 0.2) is 5.82 Å². The number of nitrogen functional groups attached to an aromatic ring is 1. The van der Waals surface area contributed by atoms with E-state index in [2.05, 4.69) is 15.5 Å². The fourth-order valence-corrected chi connectivity index (χ4v) is 2.27. The predicted octanol–water partition coefficient (Wildman–Crippen LogP) is 2.53. The van der Waals surface area contributed by atoms with Gasteiger partial charge < -0.3 is 5.73 Å². The summed E-state index contributed by atoms with van der Waals surface area (Å²) in [6.07, 6.45) is 0. The maximum Gasteiger partial charge on any atom is 0.189 e. The van der Waals surface area contributed by atoms with Crippen molar-refractivity contribution in [3.63, 3.8) is 0 Å². The molecule has 0 bridgehead atoms. The van der Waals surface area contributed by atoms with E-state index in [1.54, 1.807) is 4.68 Å². The SMILES string of the molecule is Cc1cccc(-n2nnnc2-c2c(C)cccc2N)c1. The van der Waals surface area contributed by atoms with Gasteiger partial charge in [-0.25, -0.2) is 0 Å². The van der Waals surface area contributed by atoms with Gasteiger partial charge in [0, 0.05) is 11.3 Å². The van der Waals surface area contributed by atoms with E-state index in [4.69, 9.17) is 5.73 Å². The molecule has 0 aliphatic heterocycles. The second kappa shape index (κ2) is 4.77. The summed E-state index contributed by atoms with van der Waals surface area (Å²) in [4.78, 5) is 0. The lowest BCUT2D eigenvalue weighted by atomic mass is 10.1. The van der Waals surface area contributed by atoms with Gasteiger partial charge in [0.1, 0.15) is 0 Å². The lowest BCUT2D eigenvalue weighted by molar-refractivity contribution is 0.790. The van der Waals surface area contributed by atoms with Gasteiger partial charge in [-0.3, -0.25) is 0 Å². The highest BCUT2D eigenvalue weighted by Gasteiger charge is 2.15. The Hall–Kier alpha value is -2.69. The van der Waals surface area contributed by atoms with Gasteiger partial charge in [0.2, 0.25) is 0 Å². The Bertz CT molecular complexity index is 740. The van der Waals surface area contributed by atoms with Crippen molar-refractivity contribution in [3.05, 3.63) is 53.6 Å². The first-order valence-electron chi connectivity index (χ1n) is 6.37. The number of tetrazole rings is 1. The van der Waals surface area contributed by atoms with Crippen LogP contribution in [-0.2, 0) is 0 Å². The highest BCUT2D eigenvalue weighted by atomic mass is 15.5. The number of benzene rings is 2. The molecule has 3 aromatic rings. The third kappa shape index (κ3) is 2.03. The van der Waals surface area contributed by atoms with Gasteiger partial charge in [-0.2, -0.15) is 4.68 Å². The number of aromatic nitrogens is 4. The van der Waals surface area contributed by atoms with Gasteiger partial charge in [0.05, 0.1) is 5.69 Å². The van der Waals surface area contributed by atoms with E-state index in [0.29, 0.717) is 11.5 Å². The minimum absolute atomic E-state index is 0.659. The predicted molar refractivity (Wildman–Crippen MR) is 78.5 cm³/mol. The molecule has 1 aromatic heterocycles. The largest absolute Gasteiger partial charge is 0.398 e. The molecule has 2 aromatic carbocycles. The van der Waals surface area contributed by atoms with Crippen molar-refractivity contribution in [2.75, 3.05) is 5.73 Å². The van der Waals surface area contributed by atoms with Crippen LogP contribution in [0, 0.1) is 13.8 Å². The van der Waals surface area contributed by atoms with Crippen LogP contribution in [0.4, 0.5) is 5.69 Å².